The van der Waals surface area contributed by atoms with Crippen molar-refractivity contribution < 1.29 is 14.3 Å². The number of rotatable bonds is 6. The highest BCUT2D eigenvalue weighted by atomic mass is 16.5. The Hall–Kier alpha value is -2.11. The first kappa shape index (κ1) is 15.8. The Labute approximate surface area is 136 Å². The average Bonchev–Trinajstić information content (AvgIpc) is 3.11. The summed E-state index contributed by atoms with van der Waals surface area (Å²) in [6.07, 6.45) is 4.30. The molecule has 0 saturated carbocycles. The number of morpholine rings is 1. The molecule has 2 heterocycles. The number of nitrogens with zero attached hydrogens (tertiary/aromatic N) is 2. The highest BCUT2D eigenvalue weighted by molar-refractivity contribution is 5.72. The predicted octanol–water partition coefficient (Wildman–Crippen LogP) is 1.90. The van der Waals surface area contributed by atoms with Crippen molar-refractivity contribution in [1.82, 2.24) is 9.47 Å². The van der Waals surface area contributed by atoms with Crippen LogP contribution in [-0.4, -0.2) is 54.9 Å². The number of hydrogen-bond donors (Lipinski definition) is 0. The van der Waals surface area contributed by atoms with E-state index in [1.54, 1.807) is 0 Å². The topological polar surface area (TPSA) is 43.7 Å². The maximum Gasteiger partial charge on any atom is 0.310 e. The third-order valence-corrected chi connectivity index (χ3v) is 3.96. The second kappa shape index (κ2) is 7.94. The van der Waals surface area contributed by atoms with Crippen LogP contribution in [-0.2, 0) is 20.7 Å². The van der Waals surface area contributed by atoms with Gasteiger partial charge in [-0.25, -0.2) is 0 Å². The largest absolute Gasteiger partial charge is 0.464 e. The SMILES string of the molecule is O=C(Cc1ccc(-n2cccc2)cc1)OCCN1CCOCC1. The normalized spacial score (nSPS) is 15.5. The Morgan fingerprint density at radius 1 is 1.09 bits per heavy atom. The minimum Gasteiger partial charge on any atom is -0.464 e. The first-order valence-corrected chi connectivity index (χ1v) is 7.99. The van der Waals surface area contributed by atoms with Gasteiger partial charge >= 0.3 is 5.97 Å². The van der Waals surface area contributed by atoms with Crippen molar-refractivity contribution in [3.8, 4) is 5.69 Å². The van der Waals surface area contributed by atoms with E-state index in [9.17, 15) is 4.79 Å². The van der Waals surface area contributed by atoms with E-state index in [-0.39, 0.29) is 5.97 Å². The van der Waals surface area contributed by atoms with Gasteiger partial charge in [-0.2, -0.15) is 0 Å². The predicted molar refractivity (Wildman–Crippen MR) is 87.7 cm³/mol. The summed E-state index contributed by atoms with van der Waals surface area (Å²) < 4.78 is 12.6. The minimum absolute atomic E-state index is 0.174. The molecule has 23 heavy (non-hydrogen) atoms. The summed E-state index contributed by atoms with van der Waals surface area (Å²) in [6, 6.07) is 11.9. The van der Waals surface area contributed by atoms with E-state index in [2.05, 4.69) is 4.90 Å². The summed E-state index contributed by atoms with van der Waals surface area (Å²) >= 11 is 0. The molecule has 0 bridgehead atoms. The molecule has 1 aliphatic heterocycles. The van der Waals surface area contributed by atoms with Gasteiger partial charge in [-0.15, -0.1) is 0 Å². The van der Waals surface area contributed by atoms with Gasteiger partial charge in [-0.1, -0.05) is 12.1 Å². The maximum absolute atomic E-state index is 11.9. The molecule has 1 aromatic heterocycles. The number of esters is 1. The fourth-order valence-electron chi connectivity index (χ4n) is 2.62. The number of ether oxygens (including phenoxy) is 2. The molecule has 5 nitrogen and oxygen atoms in total. The summed E-state index contributed by atoms with van der Waals surface area (Å²) in [5, 5.41) is 0. The molecule has 1 aromatic carbocycles. The number of carbonyl (C=O) groups excluding carboxylic acids is 1. The van der Waals surface area contributed by atoms with Crippen molar-refractivity contribution in [3.05, 3.63) is 54.4 Å². The third kappa shape index (κ3) is 4.68. The maximum atomic E-state index is 11.9. The van der Waals surface area contributed by atoms with Gasteiger partial charge in [-0.3, -0.25) is 9.69 Å². The van der Waals surface area contributed by atoms with Gasteiger partial charge in [0.05, 0.1) is 19.6 Å². The molecule has 5 heteroatoms. The molecule has 2 aromatic rings. The van der Waals surface area contributed by atoms with Crippen molar-refractivity contribution in [3.63, 3.8) is 0 Å². The minimum atomic E-state index is -0.174. The second-order valence-corrected chi connectivity index (χ2v) is 5.61. The standard InChI is InChI=1S/C18H22N2O3/c21-18(23-14-11-19-9-12-22-13-10-19)15-16-3-5-17(6-4-16)20-7-1-2-8-20/h1-8H,9-15H2. The van der Waals surface area contributed by atoms with Gasteiger partial charge in [0.15, 0.2) is 0 Å². The lowest BCUT2D eigenvalue weighted by atomic mass is 10.1. The van der Waals surface area contributed by atoms with E-state index in [1.807, 2.05) is 53.4 Å². The molecule has 0 unspecified atom stereocenters. The summed E-state index contributed by atoms with van der Waals surface area (Å²) in [5.74, 6) is -0.174. The zero-order valence-corrected chi connectivity index (χ0v) is 13.2. The molecule has 1 fully saturated rings. The van der Waals surface area contributed by atoms with E-state index < -0.39 is 0 Å². The van der Waals surface area contributed by atoms with Gasteiger partial charge in [0.1, 0.15) is 6.61 Å². The lowest BCUT2D eigenvalue weighted by Crippen LogP contribution is -2.38. The van der Waals surface area contributed by atoms with Gasteiger partial charge in [0, 0.05) is 37.7 Å². The van der Waals surface area contributed by atoms with Crippen molar-refractivity contribution in [2.24, 2.45) is 0 Å². The lowest BCUT2D eigenvalue weighted by molar-refractivity contribution is -0.143. The Bertz CT molecular complexity index is 602. The zero-order chi connectivity index (χ0) is 15.9. The summed E-state index contributed by atoms with van der Waals surface area (Å²) in [7, 11) is 0. The van der Waals surface area contributed by atoms with Crippen molar-refractivity contribution in [2.45, 2.75) is 6.42 Å². The first-order valence-electron chi connectivity index (χ1n) is 7.99. The molecule has 0 amide bonds. The summed E-state index contributed by atoms with van der Waals surface area (Å²) in [4.78, 5) is 14.1. The van der Waals surface area contributed by atoms with E-state index in [4.69, 9.17) is 9.47 Å². The molecule has 122 valence electrons. The highest BCUT2D eigenvalue weighted by Crippen LogP contribution is 2.11. The average molecular weight is 314 g/mol. The van der Waals surface area contributed by atoms with Gasteiger partial charge in [0.25, 0.3) is 0 Å². The Morgan fingerprint density at radius 3 is 2.48 bits per heavy atom. The quantitative estimate of drug-likeness (QED) is 0.764. The van der Waals surface area contributed by atoms with Crippen LogP contribution in [0.1, 0.15) is 5.56 Å². The molecular weight excluding hydrogens is 292 g/mol. The second-order valence-electron chi connectivity index (χ2n) is 5.61. The number of carbonyl (C=O) groups is 1. The molecule has 0 N–H and O–H groups in total. The lowest BCUT2D eigenvalue weighted by Gasteiger charge is -2.26. The Kier molecular flexibility index (Phi) is 5.45. The number of benzene rings is 1. The molecule has 0 aliphatic carbocycles. The zero-order valence-electron chi connectivity index (χ0n) is 13.2. The summed E-state index contributed by atoms with van der Waals surface area (Å²) in [5.41, 5.74) is 2.05. The smallest absolute Gasteiger partial charge is 0.310 e. The molecule has 1 saturated heterocycles. The van der Waals surface area contributed by atoms with Crippen LogP contribution < -0.4 is 0 Å². The first-order chi connectivity index (χ1) is 11.3. The van der Waals surface area contributed by atoms with Crippen LogP contribution in [0.2, 0.25) is 0 Å². The van der Waals surface area contributed by atoms with Crippen LogP contribution in [0.4, 0.5) is 0 Å². The molecule has 1 aliphatic rings. The highest BCUT2D eigenvalue weighted by Gasteiger charge is 2.11. The monoisotopic (exact) mass is 314 g/mol. The Balaban J connectivity index is 1.42. The van der Waals surface area contributed by atoms with E-state index >= 15 is 0 Å². The van der Waals surface area contributed by atoms with E-state index in [0.29, 0.717) is 13.0 Å². The summed E-state index contributed by atoms with van der Waals surface area (Å²) in [6.45, 7) is 4.59. The Morgan fingerprint density at radius 2 is 1.78 bits per heavy atom. The van der Waals surface area contributed by atoms with Crippen LogP contribution in [0.3, 0.4) is 0 Å². The molecule has 0 radical (unpaired) electrons. The van der Waals surface area contributed by atoms with Crippen LogP contribution >= 0.6 is 0 Å². The van der Waals surface area contributed by atoms with Gasteiger partial charge in [0.2, 0.25) is 0 Å². The fraction of sp³-hybridized carbons (Fsp3) is 0.389. The van der Waals surface area contributed by atoms with Gasteiger partial charge < -0.3 is 14.0 Å². The number of aromatic nitrogens is 1. The van der Waals surface area contributed by atoms with Crippen LogP contribution in [0.25, 0.3) is 5.69 Å². The van der Waals surface area contributed by atoms with Crippen LogP contribution in [0, 0.1) is 0 Å². The van der Waals surface area contributed by atoms with E-state index in [0.717, 1.165) is 44.1 Å². The van der Waals surface area contributed by atoms with Crippen molar-refractivity contribution in [2.75, 3.05) is 39.5 Å². The molecule has 0 spiro atoms. The molecule has 0 atom stereocenters. The third-order valence-electron chi connectivity index (χ3n) is 3.96. The van der Waals surface area contributed by atoms with Crippen molar-refractivity contribution in [1.29, 1.82) is 0 Å². The molecular formula is C18H22N2O3. The van der Waals surface area contributed by atoms with Gasteiger partial charge in [-0.05, 0) is 29.8 Å². The van der Waals surface area contributed by atoms with Crippen molar-refractivity contribution >= 4 is 5.97 Å². The van der Waals surface area contributed by atoms with Crippen LogP contribution in [0.5, 0.6) is 0 Å². The number of hydrogen-bond acceptors (Lipinski definition) is 4. The van der Waals surface area contributed by atoms with Crippen LogP contribution in [0.15, 0.2) is 48.8 Å². The fourth-order valence-corrected chi connectivity index (χ4v) is 2.62. The molecule has 3 rings (SSSR count). The van der Waals surface area contributed by atoms with E-state index in [1.165, 1.54) is 0 Å².